The molecule has 2 aliphatic rings. The van der Waals surface area contributed by atoms with E-state index in [1.807, 2.05) is 42.5 Å². The van der Waals surface area contributed by atoms with Crippen LogP contribution in [0.3, 0.4) is 0 Å². The summed E-state index contributed by atoms with van der Waals surface area (Å²) in [5.41, 5.74) is 4.74. The first-order valence-electron chi connectivity index (χ1n) is 10.9. The van der Waals surface area contributed by atoms with Crippen LogP contribution in [0.25, 0.3) is 6.08 Å². The molecule has 0 bridgehead atoms. The quantitative estimate of drug-likeness (QED) is 0.636. The predicted octanol–water partition coefficient (Wildman–Crippen LogP) is 4.92. The van der Waals surface area contributed by atoms with Crippen molar-refractivity contribution < 1.29 is 27.9 Å². The Bertz CT molecular complexity index is 986. The lowest BCUT2D eigenvalue weighted by Gasteiger charge is -2.36. The molecule has 1 aliphatic heterocycles. The van der Waals surface area contributed by atoms with E-state index in [9.17, 15) is 18.0 Å². The fraction of sp³-hybridized carbons (Fsp3) is 0.360. The number of carbonyl (C=O) groups excluding carboxylic acids is 1. The summed E-state index contributed by atoms with van der Waals surface area (Å²) < 4.78 is 31.7. The highest BCUT2D eigenvalue weighted by atomic mass is 19.4. The third-order valence-electron chi connectivity index (χ3n) is 5.87. The Balaban J connectivity index is 0.000000383. The van der Waals surface area contributed by atoms with Gasteiger partial charge in [-0.1, -0.05) is 42.8 Å². The molecule has 176 valence electrons. The van der Waals surface area contributed by atoms with Gasteiger partial charge in [-0.15, -0.1) is 0 Å². The molecule has 2 aromatic carbocycles. The molecule has 4 rings (SSSR count). The van der Waals surface area contributed by atoms with Crippen molar-refractivity contribution in [2.45, 2.75) is 44.3 Å². The van der Waals surface area contributed by atoms with E-state index in [0.29, 0.717) is 0 Å². The minimum Gasteiger partial charge on any atom is -0.475 e. The van der Waals surface area contributed by atoms with Crippen LogP contribution in [0.5, 0.6) is 0 Å². The number of halogens is 3. The van der Waals surface area contributed by atoms with Crippen molar-refractivity contribution in [1.82, 2.24) is 4.90 Å². The highest BCUT2D eigenvalue weighted by Crippen LogP contribution is 2.28. The van der Waals surface area contributed by atoms with E-state index in [1.165, 1.54) is 36.9 Å². The molecule has 2 aromatic rings. The van der Waals surface area contributed by atoms with E-state index in [4.69, 9.17) is 9.90 Å². The number of carboxylic acids is 1. The minimum atomic E-state index is -5.08. The summed E-state index contributed by atoms with van der Waals surface area (Å²) in [6.07, 6.45) is 4.68. The molecule has 1 fully saturated rings. The Morgan fingerprint density at radius 3 is 2.21 bits per heavy atom. The van der Waals surface area contributed by atoms with Crippen LogP contribution in [-0.2, 0) is 22.4 Å². The number of alkyl halides is 3. The zero-order valence-electron chi connectivity index (χ0n) is 18.1. The second-order valence-electron chi connectivity index (χ2n) is 8.14. The first-order valence-corrected chi connectivity index (χ1v) is 10.9. The number of amides is 1. The maximum absolute atomic E-state index is 12.2. The van der Waals surface area contributed by atoms with Gasteiger partial charge in [-0.2, -0.15) is 13.2 Å². The summed E-state index contributed by atoms with van der Waals surface area (Å²) in [6.45, 7) is 2.31. The summed E-state index contributed by atoms with van der Waals surface area (Å²) in [4.78, 5) is 23.8. The Labute approximate surface area is 190 Å². The molecule has 1 aliphatic carbocycles. The molecule has 33 heavy (non-hydrogen) atoms. The SMILES string of the molecule is O=C(/C=C/c1ccccc1)Nc1ccc2c(c1)CCN(C1CCC1)CC2.O=C(O)C(F)(F)F. The Morgan fingerprint density at radius 1 is 1.00 bits per heavy atom. The van der Waals surface area contributed by atoms with E-state index in [2.05, 4.69) is 22.3 Å². The fourth-order valence-electron chi connectivity index (χ4n) is 3.86. The van der Waals surface area contributed by atoms with Crippen molar-refractivity contribution in [2.75, 3.05) is 18.4 Å². The van der Waals surface area contributed by atoms with Gasteiger partial charge >= 0.3 is 12.1 Å². The molecule has 0 spiro atoms. The molecule has 0 atom stereocenters. The molecule has 0 unspecified atom stereocenters. The topological polar surface area (TPSA) is 69.6 Å². The average Bonchev–Trinajstić information content (AvgIpc) is 2.94. The molecule has 8 heteroatoms. The second kappa shape index (κ2) is 11.1. The number of carbonyl (C=O) groups is 2. The summed E-state index contributed by atoms with van der Waals surface area (Å²) in [5.74, 6) is -2.84. The number of hydrogen-bond acceptors (Lipinski definition) is 3. The van der Waals surface area contributed by atoms with Gasteiger partial charge < -0.3 is 10.4 Å². The summed E-state index contributed by atoms with van der Waals surface area (Å²) in [6, 6.07) is 17.1. The third kappa shape index (κ3) is 7.46. The molecule has 1 heterocycles. The summed E-state index contributed by atoms with van der Waals surface area (Å²) in [5, 5.41) is 10.1. The van der Waals surface area contributed by atoms with Gasteiger partial charge in [0.05, 0.1) is 0 Å². The van der Waals surface area contributed by atoms with Gasteiger partial charge in [0.15, 0.2) is 0 Å². The van der Waals surface area contributed by atoms with Crippen molar-refractivity contribution in [3.8, 4) is 0 Å². The number of nitrogens with one attached hydrogen (secondary N) is 1. The smallest absolute Gasteiger partial charge is 0.475 e. The maximum atomic E-state index is 12.2. The molecule has 0 saturated heterocycles. The largest absolute Gasteiger partial charge is 0.490 e. The number of nitrogens with zero attached hydrogens (tertiary/aromatic N) is 1. The third-order valence-corrected chi connectivity index (χ3v) is 5.87. The first kappa shape index (κ1) is 24.5. The zero-order chi connectivity index (χ0) is 23.8. The lowest BCUT2D eigenvalue weighted by molar-refractivity contribution is -0.192. The molecule has 5 nitrogen and oxygen atoms in total. The Hall–Kier alpha value is -3.13. The number of hydrogen-bond donors (Lipinski definition) is 2. The van der Waals surface area contributed by atoms with Gasteiger partial charge in [0, 0.05) is 30.9 Å². The van der Waals surface area contributed by atoms with Crippen LogP contribution in [0.1, 0.15) is 36.0 Å². The van der Waals surface area contributed by atoms with E-state index in [0.717, 1.165) is 36.7 Å². The van der Waals surface area contributed by atoms with Crippen LogP contribution in [0.2, 0.25) is 0 Å². The first-order chi connectivity index (χ1) is 15.7. The Kier molecular flexibility index (Phi) is 8.27. The molecule has 1 amide bonds. The number of carboxylic acid groups (broad SMARTS) is 1. The maximum Gasteiger partial charge on any atom is 0.490 e. The van der Waals surface area contributed by atoms with Crippen LogP contribution in [0, 0.1) is 0 Å². The predicted molar refractivity (Wildman–Crippen MR) is 121 cm³/mol. The van der Waals surface area contributed by atoms with Gasteiger partial charge in [-0.05, 0) is 60.6 Å². The lowest BCUT2D eigenvalue weighted by atomic mass is 9.91. The molecule has 0 radical (unpaired) electrons. The number of anilines is 1. The van der Waals surface area contributed by atoms with Gasteiger partial charge in [-0.25, -0.2) is 4.79 Å². The molecular formula is C25H27F3N2O3. The number of rotatable bonds is 4. The summed E-state index contributed by atoms with van der Waals surface area (Å²) in [7, 11) is 0. The lowest BCUT2D eigenvalue weighted by Crippen LogP contribution is -2.41. The highest BCUT2D eigenvalue weighted by molar-refractivity contribution is 6.02. The van der Waals surface area contributed by atoms with Crippen molar-refractivity contribution >= 4 is 23.6 Å². The van der Waals surface area contributed by atoms with E-state index < -0.39 is 12.1 Å². The van der Waals surface area contributed by atoms with Crippen LogP contribution < -0.4 is 5.32 Å². The van der Waals surface area contributed by atoms with Crippen LogP contribution >= 0.6 is 0 Å². The Morgan fingerprint density at radius 2 is 1.64 bits per heavy atom. The second-order valence-corrected chi connectivity index (χ2v) is 8.14. The normalized spacial score (nSPS) is 16.7. The fourth-order valence-corrected chi connectivity index (χ4v) is 3.86. The molecule has 2 N–H and O–H groups in total. The van der Waals surface area contributed by atoms with E-state index in [1.54, 1.807) is 6.08 Å². The number of aliphatic carboxylic acids is 1. The van der Waals surface area contributed by atoms with Crippen LogP contribution in [0.15, 0.2) is 54.6 Å². The monoisotopic (exact) mass is 460 g/mol. The van der Waals surface area contributed by atoms with Gasteiger partial charge in [0.2, 0.25) is 5.91 Å². The van der Waals surface area contributed by atoms with Crippen LogP contribution in [0.4, 0.5) is 18.9 Å². The van der Waals surface area contributed by atoms with Crippen molar-refractivity contribution in [2.24, 2.45) is 0 Å². The highest BCUT2D eigenvalue weighted by Gasteiger charge is 2.38. The van der Waals surface area contributed by atoms with Crippen molar-refractivity contribution in [3.05, 3.63) is 71.3 Å². The van der Waals surface area contributed by atoms with Crippen molar-refractivity contribution in [3.63, 3.8) is 0 Å². The van der Waals surface area contributed by atoms with Crippen molar-refractivity contribution in [1.29, 1.82) is 0 Å². The number of benzene rings is 2. The standard InChI is InChI=1S/C23H26N2O.C2HF3O2/c26-23(12-9-18-5-2-1-3-6-18)24-21-11-10-19-13-15-25(22-7-4-8-22)16-14-20(19)17-21;3-2(4,5)1(6)7/h1-3,5-6,9-12,17,22H,4,7-8,13-16H2,(H,24,26);(H,6,7)/b12-9+;. The van der Waals surface area contributed by atoms with Crippen LogP contribution in [-0.4, -0.2) is 47.2 Å². The number of fused-ring (bicyclic) bond motifs is 1. The zero-order valence-corrected chi connectivity index (χ0v) is 18.1. The molecule has 0 aromatic heterocycles. The molecular weight excluding hydrogens is 433 g/mol. The minimum absolute atomic E-state index is 0.0847. The van der Waals surface area contributed by atoms with E-state index in [-0.39, 0.29) is 5.91 Å². The summed E-state index contributed by atoms with van der Waals surface area (Å²) >= 11 is 0. The molecule has 1 saturated carbocycles. The van der Waals surface area contributed by atoms with E-state index >= 15 is 0 Å². The average molecular weight is 460 g/mol. The van der Waals surface area contributed by atoms with Gasteiger partial charge in [0.25, 0.3) is 0 Å². The van der Waals surface area contributed by atoms with Gasteiger partial charge in [0.1, 0.15) is 0 Å². The van der Waals surface area contributed by atoms with Gasteiger partial charge in [-0.3, -0.25) is 9.69 Å².